The summed E-state index contributed by atoms with van der Waals surface area (Å²) in [7, 11) is 1.77. The zero-order valence-electron chi connectivity index (χ0n) is 11.0. The van der Waals surface area contributed by atoms with Crippen LogP contribution in [0.2, 0.25) is 0 Å². The predicted molar refractivity (Wildman–Crippen MR) is 70.5 cm³/mol. The fourth-order valence-electron chi connectivity index (χ4n) is 2.11. The van der Waals surface area contributed by atoms with Gasteiger partial charge in [-0.25, -0.2) is 0 Å². The average molecular weight is 262 g/mol. The number of hydrogen-bond acceptors (Lipinski definition) is 3. The van der Waals surface area contributed by atoms with E-state index in [9.17, 15) is 9.59 Å². The van der Waals surface area contributed by atoms with Crippen molar-refractivity contribution in [2.75, 3.05) is 26.7 Å². The molecule has 102 valence electrons. The molecule has 0 radical (unpaired) electrons. The van der Waals surface area contributed by atoms with Crippen molar-refractivity contribution in [1.29, 1.82) is 0 Å². The minimum Gasteiger partial charge on any atom is -0.481 e. The van der Waals surface area contributed by atoms with Crippen molar-refractivity contribution in [3.63, 3.8) is 0 Å². The fourth-order valence-corrected chi connectivity index (χ4v) is 2.11. The first-order valence-electron chi connectivity index (χ1n) is 6.29. The minimum atomic E-state index is -0.777. The van der Waals surface area contributed by atoms with Gasteiger partial charge in [0.2, 0.25) is 5.91 Å². The summed E-state index contributed by atoms with van der Waals surface area (Å²) in [5.74, 6) is -1.07. The van der Waals surface area contributed by atoms with Gasteiger partial charge in [0.1, 0.15) is 0 Å². The van der Waals surface area contributed by atoms with Crippen LogP contribution < -0.4 is 0 Å². The number of carbonyl (C=O) groups is 2. The Morgan fingerprint density at radius 3 is 2.53 bits per heavy atom. The van der Waals surface area contributed by atoms with Crippen molar-refractivity contribution < 1.29 is 14.7 Å². The zero-order chi connectivity index (χ0) is 13.8. The molecule has 1 aliphatic rings. The fraction of sp³-hybridized carbons (Fsp3) is 0.429. The maximum atomic E-state index is 12.0. The highest BCUT2D eigenvalue weighted by Gasteiger charge is 2.33. The van der Waals surface area contributed by atoms with Gasteiger partial charge in [0.25, 0.3) is 0 Å². The molecule has 1 aromatic rings. The molecule has 1 aliphatic heterocycles. The quantitative estimate of drug-likeness (QED) is 0.847. The third kappa shape index (κ3) is 3.54. The molecule has 2 rings (SSSR count). The van der Waals surface area contributed by atoms with Crippen LogP contribution >= 0.6 is 0 Å². The molecule has 0 aliphatic carbocycles. The van der Waals surface area contributed by atoms with Gasteiger partial charge in [-0.05, 0) is 5.56 Å². The van der Waals surface area contributed by atoms with E-state index in [1.54, 1.807) is 11.9 Å². The molecule has 5 heteroatoms. The summed E-state index contributed by atoms with van der Waals surface area (Å²) in [6.07, 6.45) is 0. The molecule has 0 spiro atoms. The van der Waals surface area contributed by atoms with Crippen LogP contribution in [0.3, 0.4) is 0 Å². The summed E-state index contributed by atoms with van der Waals surface area (Å²) in [4.78, 5) is 26.2. The molecule has 1 aromatic carbocycles. The summed E-state index contributed by atoms with van der Waals surface area (Å²) in [6.45, 7) is 1.82. The first kappa shape index (κ1) is 13.5. The summed E-state index contributed by atoms with van der Waals surface area (Å²) in [6, 6.07) is 9.79. The Morgan fingerprint density at radius 1 is 1.32 bits per heavy atom. The van der Waals surface area contributed by atoms with Gasteiger partial charge in [-0.1, -0.05) is 30.3 Å². The van der Waals surface area contributed by atoms with Gasteiger partial charge in [0.05, 0.1) is 12.5 Å². The van der Waals surface area contributed by atoms with E-state index in [1.807, 2.05) is 35.2 Å². The number of carboxylic acids is 1. The Bertz CT molecular complexity index is 455. The van der Waals surface area contributed by atoms with Crippen molar-refractivity contribution in [2.24, 2.45) is 5.92 Å². The van der Waals surface area contributed by atoms with Gasteiger partial charge in [0, 0.05) is 26.7 Å². The number of amides is 1. The summed E-state index contributed by atoms with van der Waals surface area (Å²) < 4.78 is 0. The smallest absolute Gasteiger partial charge is 0.309 e. The zero-order valence-corrected chi connectivity index (χ0v) is 11.0. The van der Waals surface area contributed by atoms with Crippen molar-refractivity contribution in [2.45, 2.75) is 6.54 Å². The molecule has 1 heterocycles. The van der Waals surface area contributed by atoms with Crippen LogP contribution in [0.5, 0.6) is 0 Å². The minimum absolute atomic E-state index is 0.0210. The van der Waals surface area contributed by atoms with Crippen LogP contribution in [0.4, 0.5) is 0 Å². The largest absolute Gasteiger partial charge is 0.481 e. The van der Waals surface area contributed by atoms with Gasteiger partial charge in [-0.15, -0.1) is 0 Å². The van der Waals surface area contributed by atoms with E-state index in [1.165, 1.54) is 0 Å². The van der Waals surface area contributed by atoms with Crippen LogP contribution in [0.25, 0.3) is 0 Å². The number of aliphatic carboxylic acids is 1. The lowest BCUT2D eigenvalue weighted by Crippen LogP contribution is -2.53. The van der Waals surface area contributed by atoms with Crippen LogP contribution in [0.1, 0.15) is 5.56 Å². The second-order valence-corrected chi connectivity index (χ2v) is 4.96. The number of carbonyl (C=O) groups excluding carboxylic acids is 1. The van der Waals surface area contributed by atoms with Crippen molar-refractivity contribution >= 4 is 11.9 Å². The number of benzene rings is 1. The second-order valence-electron chi connectivity index (χ2n) is 4.96. The maximum absolute atomic E-state index is 12.0. The first-order valence-corrected chi connectivity index (χ1v) is 6.29. The SMILES string of the molecule is CN(Cc1ccccc1)C(=O)CN1CC(C(=O)O)C1. The average Bonchev–Trinajstić information content (AvgIpc) is 2.33. The number of carboxylic acid groups (broad SMARTS) is 1. The highest BCUT2D eigenvalue weighted by Crippen LogP contribution is 2.15. The molecule has 0 bridgehead atoms. The number of rotatable bonds is 5. The molecular formula is C14H18N2O3. The Kier molecular flexibility index (Phi) is 4.16. The Hall–Kier alpha value is -1.88. The van der Waals surface area contributed by atoms with Gasteiger partial charge < -0.3 is 10.0 Å². The van der Waals surface area contributed by atoms with Crippen LogP contribution in [0.15, 0.2) is 30.3 Å². The van der Waals surface area contributed by atoms with E-state index in [0.29, 0.717) is 26.2 Å². The standard InChI is InChI=1S/C14H18N2O3/c1-15(7-11-5-3-2-4-6-11)13(17)10-16-8-12(9-16)14(18)19/h2-6,12H,7-10H2,1H3,(H,18,19). The Morgan fingerprint density at radius 2 is 1.95 bits per heavy atom. The van der Waals surface area contributed by atoms with Gasteiger partial charge >= 0.3 is 5.97 Å². The Balaban J connectivity index is 1.76. The molecule has 19 heavy (non-hydrogen) atoms. The topological polar surface area (TPSA) is 60.9 Å². The highest BCUT2D eigenvalue weighted by atomic mass is 16.4. The third-order valence-electron chi connectivity index (χ3n) is 3.35. The predicted octanol–water partition coefficient (Wildman–Crippen LogP) is 0.661. The monoisotopic (exact) mass is 262 g/mol. The van der Waals surface area contributed by atoms with E-state index in [4.69, 9.17) is 5.11 Å². The molecule has 0 saturated carbocycles. The third-order valence-corrected chi connectivity index (χ3v) is 3.35. The lowest BCUT2D eigenvalue weighted by molar-refractivity contribution is -0.149. The van der Waals surface area contributed by atoms with E-state index in [2.05, 4.69) is 0 Å². The highest BCUT2D eigenvalue weighted by molar-refractivity contribution is 5.79. The molecule has 0 atom stereocenters. The van der Waals surface area contributed by atoms with Gasteiger partial charge in [-0.3, -0.25) is 14.5 Å². The lowest BCUT2D eigenvalue weighted by atomic mass is 10.0. The number of likely N-dealkylation sites (tertiary alicyclic amines) is 1. The molecule has 0 unspecified atom stereocenters. The number of nitrogens with zero attached hydrogens (tertiary/aromatic N) is 2. The van der Waals surface area contributed by atoms with E-state index < -0.39 is 5.97 Å². The van der Waals surface area contributed by atoms with E-state index in [-0.39, 0.29) is 11.8 Å². The molecule has 0 aromatic heterocycles. The van der Waals surface area contributed by atoms with Crippen molar-refractivity contribution in [3.8, 4) is 0 Å². The normalized spacial score (nSPS) is 15.8. The van der Waals surface area contributed by atoms with Gasteiger partial charge in [0.15, 0.2) is 0 Å². The van der Waals surface area contributed by atoms with Gasteiger partial charge in [-0.2, -0.15) is 0 Å². The van der Waals surface area contributed by atoms with Crippen LogP contribution in [-0.4, -0.2) is 53.5 Å². The van der Waals surface area contributed by atoms with Crippen LogP contribution in [0, 0.1) is 5.92 Å². The Labute approximate surface area is 112 Å². The number of likely N-dealkylation sites (N-methyl/N-ethyl adjacent to an activating group) is 1. The summed E-state index contributed by atoms with van der Waals surface area (Å²) >= 11 is 0. The second kappa shape index (κ2) is 5.84. The first-order chi connectivity index (χ1) is 9.06. The van der Waals surface area contributed by atoms with Crippen molar-refractivity contribution in [1.82, 2.24) is 9.80 Å². The molecule has 1 N–H and O–H groups in total. The number of hydrogen-bond donors (Lipinski definition) is 1. The van der Waals surface area contributed by atoms with Crippen LogP contribution in [-0.2, 0) is 16.1 Å². The lowest BCUT2D eigenvalue weighted by Gasteiger charge is -2.36. The van der Waals surface area contributed by atoms with Crippen molar-refractivity contribution in [3.05, 3.63) is 35.9 Å². The maximum Gasteiger partial charge on any atom is 0.309 e. The van der Waals surface area contributed by atoms with E-state index in [0.717, 1.165) is 5.56 Å². The molecule has 5 nitrogen and oxygen atoms in total. The van der Waals surface area contributed by atoms with E-state index >= 15 is 0 Å². The molecule has 1 fully saturated rings. The summed E-state index contributed by atoms with van der Waals surface area (Å²) in [5, 5.41) is 8.77. The molecule has 1 amide bonds. The molecular weight excluding hydrogens is 244 g/mol. The summed E-state index contributed by atoms with van der Waals surface area (Å²) in [5.41, 5.74) is 1.09. The molecule has 1 saturated heterocycles.